The third-order valence-corrected chi connectivity index (χ3v) is 2.19. The highest BCUT2D eigenvalue weighted by Gasteiger charge is 2.29. The van der Waals surface area contributed by atoms with E-state index in [2.05, 4.69) is 4.98 Å². The van der Waals surface area contributed by atoms with Gasteiger partial charge in [-0.1, -0.05) is 11.6 Å². The summed E-state index contributed by atoms with van der Waals surface area (Å²) in [6, 6.07) is 3.22. The van der Waals surface area contributed by atoms with Crippen LogP contribution in [0.25, 0.3) is 0 Å². The molecule has 0 spiro atoms. The molecular formula is C9H10ClNO2. The van der Waals surface area contributed by atoms with E-state index in [1.165, 1.54) is 6.20 Å². The highest BCUT2D eigenvalue weighted by atomic mass is 35.5. The zero-order valence-corrected chi connectivity index (χ0v) is 8.17. The standard InChI is InChI=1S/C9H10ClNO2/c1-9(2,8(12)13)6-3-4-11-7(10)5-6/h3-5H,1-2H3,(H,12,13). The Bertz CT molecular complexity index is 336. The lowest BCUT2D eigenvalue weighted by atomic mass is 9.85. The maximum atomic E-state index is 10.9. The van der Waals surface area contributed by atoms with Crippen molar-refractivity contribution in [2.45, 2.75) is 19.3 Å². The summed E-state index contributed by atoms with van der Waals surface area (Å²) in [6.07, 6.45) is 1.50. The van der Waals surface area contributed by atoms with Gasteiger partial charge in [-0.2, -0.15) is 0 Å². The monoisotopic (exact) mass is 199 g/mol. The van der Waals surface area contributed by atoms with Crippen molar-refractivity contribution in [2.75, 3.05) is 0 Å². The second kappa shape index (κ2) is 3.34. The van der Waals surface area contributed by atoms with Crippen molar-refractivity contribution in [3.8, 4) is 0 Å². The number of carboxylic acids is 1. The number of pyridine rings is 1. The number of hydrogen-bond donors (Lipinski definition) is 1. The van der Waals surface area contributed by atoms with Crippen LogP contribution in [0.1, 0.15) is 19.4 Å². The highest BCUT2D eigenvalue weighted by Crippen LogP contribution is 2.24. The predicted octanol–water partition coefficient (Wildman–Crippen LogP) is 2.10. The molecule has 4 heteroatoms. The van der Waals surface area contributed by atoms with Crippen LogP contribution in [-0.2, 0) is 10.2 Å². The van der Waals surface area contributed by atoms with Crippen molar-refractivity contribution in [3.63, 3.8) is 0 Å². The molecule has 0 saturated carbocycles. The molecule has 13 heavy (non-hydrogen) atoms. The van der Waals surface area contributed by atoms with Crippen LogP contribution in [0.3, 0.4) is 0 Å². The molecular weight excluding hydrogens is 190 g/mol. The van der Waals surface area contributed by atoms with Gasteiger partial charge in [0.15, 0.2) is 0 Å². The topological polar surface area (TPSA) is 50.2 Å². The molecule has 0 unspecified atom stereocenters. The highest BCUT2D eigenvalue weighted by molar-refractivity contribution is 6.29. The van der Waals surface area contributed by atoms with Crippen molar-refractivity contribution in [2.24, 2.45) is 0 Å². The minimum absolute atomic E-state index is 0.312. The van der Waals surface area contributed by atoms with Gasteiger partial charge in [-0.25, -0.2) is 4.98 Å². The first-order valence-electron chi connectivity index (χ1n) is 3.80. The third kappa shape index (κ3) is 1.98. The Morgan fingerprint density at radius 3 is 2.69 bits per heavy atom. The lowest BCUT2D eigenvalue weighted by Crippen LogP contribution is -2.28. The van der Waals surface area contributed by atoms with Crippen LogP contribution in [0, 0.1) is 0 Å². The Balaban J connectivity index is 3.14. The summed E-state index contributed by atoms with van der Waals surface area (Å²) in [5.41, 5.74) is -0.271. The normalized spacial score (nSPS) is 11.3. The van der Waals surface area contributed by atoms with E-state index in [9.17, 15) is 4.79 Å². The summed E-state index contributed by atoms with van der Waals surface area (Å²) in [7, 11) is 0. The molecule has 1 heterocycles. The summed E-state index contributed by atoms with van der Waals surface area (Å²) < 4.78 is 0. The number of nitrogens with zero attached hydrogens (tertiary/aromatic N) is 1. The SMILES string of the molecule is CC(C)(C(=O)O)c1ccnc(Cl)c1. The fourth-order valence-electron chi connectivity index (χ4n) is 0.915. The molecule has 0 aliphatic rings. The molecule has 0 aromatic carbocycles. The molecule has 1 N–H and O–H groups in total. The fraction of sp³-hybridized carbons (Fsp3) is 0.333. The number of carbonyl (C=O) groups is 1. The minimum atomic E-state index is -0.924. The van der Waals surface area contributed by atoms with E-state index in [4.69, 9.17) is 16.7 Å². The predicted molar refractivity (Wildman–Crippen MR) is 49.9 cm³/mol. The molecule has 0 aliphatic carbocycles. The van der Waals surface area contributed by atoms with Gasteiger partial charge in [0.2, 0.25) is 0 Å². The first-order valence-corrected chi connectivity index (χ1v) is 4.18. The first-order chi connectivity index (χ1) is 5.94. The summed E-state index contributed by atoms with van der Waals surface area (Å²) in [5.74, 6) is -0.880. The van der Waals surface area contributed by atoms with Crippen LogP contribution < -0.4 is 0 Å². The molecule has 1 aromatic heterocycles. The Hall–Kier alpha value is -1.09. The maximum absolute atomic E-state index is 10.9. The van der Waals surface area contributed by atoms with E-state index in [-0.39, 0.29) is 0 Å². The van der Waals surface area contributed by atoms with Gasteiger partial charge < -0.3 is 5.11 Å². The molecule has 1 aromatic rings. The molecule has 0 aliphatic heterocycles. The van der Waals surface area contributed by atoms with Gasteiger partial charge in [0.1, 0.15) is 5.15 Å². The summed E-state index contributed by atoms with van der Waals surface area (Å²) in [5, 5.41) is 9.23. The van der Waals surface area contributed by atoms with Gasteiger partial charge in [-0.05, 0) is 31.5 Å². The largest absolute Gasteiger partial charge is 0.481 e. The summed E-state index contributed by atoms with van der Waals surface area (Å²) >= 11 is 5.65. The van der Waals surface area contributed by atoms with Crippen molar-refractivity contribution in [1.82, 2.24) is 4.98 Å². The quantitative estimate of drug-likeness (QED) is 0.743. The molecule has 0 amide bonds. The number of aromatic nitrogens is 1. The van der Waals surface area contributed by atoms with Crippen LogP contribution in [0.5, 0.6) is 0 Å². The number of carboxylic acid groups (broad SMARTS) is 1. The third-order valence-electron chi connectivity index (χ3n) is 1.98. The molecule has 3 nitrogen and oxygen atoms in total. The van der Waals surface area contributed by atoms with Crippen LogP contribution in [-0.4, -0.2) is 16.1 Å². The van der Waals surface area contributed by atoms with E-state index in [0.29, 0.717) is 10.7 Å². The van der Waals surface area contributed by atoms with Crippen molar-refractivity contribution in [3.05, 3.63) is 29.0 Å². The average molecular weight is 200 g/mol. The van der Waals surface area contributed by atoms with E-state index in [1.54, 1.807) is 26.0 Å². The van der Waals surface area contributed by atoms with Gasteiger partial charge in [0, 0.05) is 6.20 Å². The zero-order valence-electron chi connectivity index (χ0n) is 7.41. The smallest absolute Gasteiger partial charge is 0.313 e. The Kier molecular flexibility index (Phi) is 2.57. The number of aliphatic carboxylic acids is 1. The Labute approximate surface area is 81.4 Å². The average Bonchev–Trinajstić information content (AvgIpc) is 2.04. The number of hydrogen-bond acceptors (Lipinski definition) is 2. The summed E-state index contributed by atoms with van der Waals surface area (Å²) in [4.78, 5) is 14.7. The Morgan fingerprint density at radius 2 is 2.23 bits per heavy atom. The van der Waals surface area contributed by atoms with E-state index in [1.807, 2.05) is 0 Å². The van der Waals surface area contributed by atoms with Crippen LogP contribution >= 0.6 is 11.6 Å². The second-order valence-electron chi connectivity index (χ2n) is 3.30. The van der Waals surface area contributed by atoms with Gasteiger partial charge >= 0.3 is 5.97 Å². The van der Waals surface area contributed by atoms with Crippen molar-refractivity contribution < 1.29 is 9.90 Å². The van der Waals surface area contributed by atoms with Gasteiger partial charge in [-0.15, -0.1) is 0 Å². The second-order valence-corrected chi connectivity index (χ2v) is 3.68. The van der Waals surface area contributed by atoms with E-state index < -0.39 is 11.4 Å². The molecule has 0 saturated heterocycles. The van der Waals surface area contributed by atoms with Gasteiger partial charge in [0.05, 0.1) is 5.41 Å². The van der Waals surface area contributed by atoms with Crippen LogP contribution in [0.15, 0.2) is 18.3 Å². The number of rotatable bonds is 2. The fourth-order valence-corrected chi connectivity index (χ4v) is 1.09. The van der Waals surface area contributed by atoms with E-state index in [0.717, 1.165) is 0 Å². The molecule has 1 rings (SSSR count). The van der Waals surface area contributed by atoms with Crippen molar-refractivity contribution in [1.29, 1.82) is 0 Å². The zero-order chi connectivity index (χ0) is 10.1. The summed E-state index contributed by atoms with van der Waals surface area (Å²) in [6.45, 7) is 3.25. The first kappa shape index (κ1) is 9.99. The minimum Gasteiger partial charge on any atom is -0.481 e. The number of halogens is 1. The van der Waals surface area contributed by atoms with E-state index >= 15 is 0 Å². The van der Waals surface area contributed by atoms with Gasteiger partial charge in [-0.3, -0.25) is 4.79 Å². The van der Waals surface area contributed by atoms with Crippen LogP contribution in [0.2, 0.25) is 5.15 Å². The molecule has 0 fully saturated rings. The Morgan fingerprint density at radius 1 is 1.62 bits per heavy atom. The molecule has 0 bridgehead atoms. The lowest BCUT2D eigenvalue weighted by molar-refractivity contribution is -0.142. The molecule has 0 radical (unpaired) electrons. The molecule has 70 valence electrons. The molecule has 0 atom stereocenters. The van der Waals surface area contributed by atoms with Gasteiger partial charge in [0.25, 0.3) is 0 Å². The maximum Gasteiger partial charge on any atom is 0.313 e. The van der Waals surface area contributed by atoms with Crippen LogP contribution in [0.4, 0.5) is 0 Å². The van der Waals surface area contributed by atoms with Crippen molar-refractivity contribution >= 4 is 17.6 Å². The lowest BCUT2D eigenvalue weighted by Gasteiger charge is -2.19.